The molecule has 1 saturated heterocycles. The molecule has 1 aromatic carbocycles. The monoisotopic (exact) mass is 297 g/mol. The molecule has 4 nitrogen and oxygen atoms in total. The van der Waals surface area contributed by atoms with Crippen molar-refractivity contribution in [1.82, 2.24) is 14.9 Å². The van der Waals surface area contributed by atoms with Crippen LogP contribution in [-0.4, -0.2) is 28.0 Å². The number of hydrogen-bond donors (Lipinski definition) is 0. The summed E-state index contributed by atoms with van der Waals surface area (Å²) in [7, 11) is 0. The van der Waals surface area contributed by atoms with Crippen LogP contribution < -0.4 is 4.74 Å². The molecule has 1 fully saturated rings. The lowest BCUT2D eigenvalue weighted by Crippen LogP contribution is -2.34. The first-order valence-corrected chi connectivity index (χ1v) is 8.01. The largest absolute Gasteiger partial charge is 0.424 e. The molecule has 2 aromatic rings. The third kappa shape index (κ3) is 3.63. The fourth-order valence-corrected chi connectivity index (χ4v) is 2.88. The van der Waals surface area contributed by atoms with Gasteiger partial charge >= 0.3 is 6.01 Å². The maximum atomic E-state index is 5.64. The van der Waals surface area contributed by atoms with Crippen LogP contribution in [0.4, 0.5) is 0 Å². The van der Waals surface area contributed by atoms with E-state index in [-0.39, 0.29) is 0 Å². The van der Waals surface area contributed by atoms with Crippen LogP contribution in [0.1, 0.15) is 38.3 Å². The van der Waals surface area contributed by atoms with Crippen LogP contribution in [0.15, 0.2) is 42.7 Å². The van der Waals surface area contributed by atoms with E-state index in [0.717, 1.165) is 11.7 Å². The van der Waals surface area contributed by atoms with Crippen LogP contribution in [0, 0.1) is 5.92 Å². The Bertz CT molecular complexity index is 577. The predicted molar refractivity (Wildman–Crippen MR) is 86.9 cm³/mol. The lowest BCUT2D eigenvalue weighted by molar-refractivity contribution is 0.147. The van der Waals surface area contributed by atoms with E-state index in [4.69, 9.17) is 4.74 Å². The van der Waals surface area contributed by atoms with E-state index in [1.807, 2.05) is 12.1 Å². The Morgan fingerprint density at radius 2 is 1.73 bits per heavy atom. The molecule has 0 aliphatic carbocycles. The molecule has 0 amide bonds. The van der Waals surface area contributed by atoms with Crippen molar-refractivity contribution in [1.29, 1.82) is 0 Å². The molecule has 1 atom stereocenters. The van der Waals surface area contributed by atoms with Gasteiger partial charge in [0, 0.05) is 18.4 Å². The highest BCUT2D eigenvalue weighted by Gasteiger charge is 2.21. The van der Waals surface area contributed by atoms with E-state index in [2.05, 4.69) is 40.8 Å². The van der Waals surface area contributed by atoms with Gasteiger partial charge in [-0.25, -0.2) is 9.97 Å². The number of rotatable bonds is 4. The highest BCUT2D eigenvalue weighted by atomic mass is 16.5. The first kappa shape index (κ1) is 15.0. The second kappa shape index (κ2) is 6.88. The van der Waals surface area contributed by atoms with E-state index in [1.165, 1.54) is 31.5 Å². The molecule has 0 N–H and O–H groups in total. The first-order valence-electron chi connectivity index (χ1n) is 8.01. The smallest absolute Gasteiger partial charge is 0.321 e. The molecule has 2 heterocycles. The fourth-order valence-electron chi connectivity index (χ4n) is 2.88. The topological polar surface area (TPSA) is 38.2 Å². The van der Waals surface area contributed by atoms with Gasteiger partial charge in [0.25, 0.3) is 0 Å². The Morgan fingerprint density at radius 3 is 2.36 bits per heavy atom. The average molecular weight is 297 g/mol. The van der Waals surface area contributed by atoms with Crippen molar-refractivity contribution >= 4 is 0 Å². The highest BCUT2D eigenvalue weighted by molar-refractivity contribution is 5.30. The van der Waals surface area contributed by atoms with E-state index >= 15 is 0 Å². The third-order valence-electron chi connectivity index (χ3n) is 4.48. The van der Waals surface area contributed by atoms with Crippen LogP contribution in [-0.2, 0) is 0 Å². The number of benzene rings is 1. The van der Waals surface area contributed by atoms with E-state index < -0.39 is 0 Å². The number of piperidine rings is 1. The maximum absolute atomic E-state index is 5.64. The summed E-state index contributed by atoms with van der Waals surface area (Å²) in [5.41, 5.74) is 1.33. The lowest BCUT2D eigenvalue weighted by Gasteiger charge is -2.35. The van der Waals surface area contributed by atoms with Crippen LogP contribution in [0.25, 0.3) is 0 Å². The summed E-state index contributed by atoms with van der Waals surface area (Å²) in [6.45, 7) is 7.02. The number of ether oxygens (including phenoxy) is 1. The Morgan fingerprint density at radius 1 is 1.09 bits per heavy atom. The summed E-state index contributed by atoms with van der Waals surface area (Å²) in [4.78, 5) is 10.7. The van der Waals surface area contributed by atoms with Crippen molar-refractivity contribution in [3.63, 3.8) is 0 Å². The minimum atomic E-state index is 0.383. The molecule has 0 saturated carbocycles. The molecule has 3 rings (SSSR count). The molecule has 116 valence electrons. The number of aromatic nitrogens is 2. The van der Waals surface area contributed by atoms with Crippen LogP contribution in [0.3, 0.4) is 0 Å². The summed E-state index contributed by atoms with van der Waals surface area (Å²) in [6, 6.07) is 10.9. The van der Waals surface area contributed by atoms with Crippen LogP contribution >= 0.6 is 0 Å². The molecule has 1 unspecified atom stereocenters. The summed E-state index contributed by atoms with van der Waals surface area (Å²) in [5, 5.41) is 0. The van der Waals surface area contributed by atoms with Gasteiger partial charge in [-0.3, -0.25) is 4.90 Å². The molecule has 4 heteroatoms. The second-order valence-electron chi connectivity index (χ2n) is 6.10. The maximum Gasteiger partial charge on any atom is 0.321 e. The van der Waals surface area contributed by atoms with Gasteiger partial charge in [0.1, 0.15) is 5.75 Å². The zero-order chi connectivity index (χ0) is 15.4. The molecule has 22 heavy (non-hydrogen) atoms. The van der Waals surface area contributed by atoms with Crippen molar-refractivity contribution in [2.24, 2.45) is 5.92 Å². The molecule has 1 aliphatic rings. The average Bonchev–Trinajstić information content (AvgIpc) is 2.57. The van der Waals surface area contributed by atoms with Crippen molar-refractivity contribution < 1.29 is 4.74 Å². The Hall–Kier alpha value is -1.94. The van der Waals surface area contributed by atoms with Gasteiger partial charge in [0.05, 0.1) is 0 Å². The van der Waals surface area contributed by atoms with Gasteiger partial charge in [-0.1, -0.05) is 19.1 Å². The normalized spacial score (nSPS) is 18.1. The van der Waals surface area contributed by atoms with E-state index in [0.29, 0.717) is 12.1 Å². The molecular formula is C18H23N3O. The number of hydrogen-bond acceptors (Lipinski definition) is 4. The molecular weight excluding hydrogens is 274 g/mol. The zero-order valence-corrected chi connectivity index (χ0v) is 13.3. The van der Waals surface area contributed by atoms with Crippen molar-refractivity contribution in [2.75, 3.05) is 13.1 Å². The Labute approximate surface area is 132 Å². The minimum Gasteiger partial charge on any atom is -0.424 e. The molecule has 0 spiro atoms. The highest BCUT2D eigenvalue weighted by Crippen LogP contribution is 2.28. The number of nitrogens with zero attached hydrogens (tertiary/aromatic N) is 3. The second-order valence-corrected chi connectivity index (χ2v) is 6.10. The Balaban J connectivity index is 1.63. The van der Waals surface area contributed by atoms with E-state index in [9.17, 15) is 0 Å². The fraction of sp³-hybridized carbons (Fsp3) is 0.444. The van der Waals surface area contributed by atoms with Crippen LogP contribution in [0.5, 0.6) is 11.8 Å². The summed E-state index contributed by atoms with van der Waals surface area (Å²) < 4.78 is 5.64. The van der Waals surface area contributed by atoms with Gasteiger partial charge in [-0.05, 0) is 62.5 Å². The van der Waals surface area contributed by atoms with Gasteiger partial charge in [0.15, 0.2) is 0 Å². The quantitative estimate of drug-likeness (QED) is 0.853. The SMILES string of the molecule is CC1CCN(C(C)c2ccc(Oc3ncccn3)cc2)CC1. The predicted octanol–water partition coefficient (Wildman–Crippen LogP) is 4.06. The summed E-state index contributed by atoms with van der Waals surface area (Å²) in [5.74, 6) is 1.64. The van der Waals surface area contributed by atoms with E-state index in [1.54, 1.807) is 18.5 Å². The summed E-state index contributed by atoms with van der Waals surface area (Å²) in [6.07, 6.45) is 5.96. The van der Waals surface area contributed by atoms with Crippen LogP contribution in [0.2, 0.25) is 0 Å². The third-order valence-corrected chi connectivity index (χ3v) is 4.48. The molecule has 1 aliphatic heterocycles. The van der Waals surface area contributed by atoms with Gasteiger partial charge in [0.2, 0.25) is 0 Å². The molecule has 1 aromatic heterocycles. The van der Waals surface area contributed by atoms with Gasteiger partial charge in [-0.2, -0.15) is 0 Å². The van der Waals surface area contributed by atoms with Crippen molar-refractivity contribution in [3.05, 3.63) is 48.3 Å². The van der Waals surface area contributed by atoms with Crippen molar-refractivity contribution in [3.8, 4) is 11.8 Å². The van der Waals surface area contributed by atoms with Crippen molar-refractivity contribution in [2.45, 2.75) is 32.7 Å². The Kier molecular flexibility index (Phi) is 4.68. The lowest BCUT2D eigenvalue weighted by atomic mass is 9.96. The standard InChI is InChI=1S/C18H23N3O/c1-14-8-12-21(13-9-14)15(2)16-4-6-17(7-5-16)22-18-19-10-3-11-20-18/h3-7,10-11,14-15H,8-9,12-13H2,1-2H3. The first-order chi connectivity index (χ1) is 10.7. The molecule has 0 radical (unpaired) electrons. The molecule has 0 bridgehead atoms. The van der Waals surface area contributed by atoms with Gasteiger partial charge in [-0.15, -0.1) is 0 Å². The number of likely N-dealkylation sites (tertiary alicyclic amines) is 1. The minimum absolute atomic E-state index is 0.383. The zero-order valence-electron chi connectivity index (χ0n) is 13.3. The van der Waals surface area contributed by atoms with Gasteiger partial charge < -0.3 is 4.74 Å². The summed E-state index contributed by atoms with van der Waals surface area (Å²) >= 11 is 0.